The number of fused-ring (bicyclic) bond motifs is 1. The highest BCUT2D eigenvalue weighted by Crippen LogP contribution is 2.32. The molecule has 0 aliphatic carbocycles. The van der Waals surface area contributed by atoms with E-state index in [4.69, 9.17) is 9.47 Å². The van der Waals surface area contributed by atoms with Crippen LogP contribution in [0.1, 0.15) is 25.5 Å². The number of carbonyl (C=O) groups is 1. The number of nitrogens with one attached hydrogen (secondary N) is 1. The van der Waals surface area contributed by atoms with E-state index in [9.17, 15) is 4.79 Å². The van der Waals surface area contributed by atoms with E-state index in [-0.39, 0.29) is 18.7 Å². The first kappa shape index (κ1) is 15.7. The molecule has 0 atom stereocenters. The molecule has 1 aliphatic rings. The summed E-state index contributed by atoms with van der Waals surface area (Å²) in [6.45, 7) is 4.80. The highest BCUT2D eigenvalue weighted by Gasteiger charge is 2.14. The molecule has 122 valence electrons. The first-order valence-corrected chi connectivity index (χ1v) is 8.29. The van der Waals surface area contributed by atoms with Gasteiger partial charge in [0.05, 0.1) is 5.75 Å². The molecule has 2 aromatic rings. The topological polar surface area (TPSA) is 78.3 Å². The van der Waals surface area contributed by atoms with Gasteiger partial charge in [-0.2, -0.15) is 0 Å². The molecule has 23 heavy (non-hydrogen) atoms. The normalized spacial score (nSPS) is 12.7. The Bertz CT molecular complexity index is 702. The number of nitrogens with zero attached hydrogens (tertiary/aromatic N) is 3. The standard InChI is InChI=1S/C15H18N4O3S/c1-10(2)19-8-17-18-15(19)23-7-14(20)16-6-11-3-4-12-13(5-11)22-9-21-12/h3-5,8,10H,6-7,9H2,1-2H3,(H,16,20). The molecular weight excluding hydrogens is 316 g/mol. The molecule has 8 heteroatoms. The van der Waals surface area contributed by atoms with Crippen LogP contribution in [0.4, 0.5) is 0 Å². The summed E-state index contributed by atoms with van der Waals surface area (Å²) >= 11 is 1.38. The summed E-state index contributed by atoms with van der Waals surface area (Å²) < 4.78 is 12.5. The van der Waals surface area contributed by atoms with E-state index in [1.54, 1.807) is 6.33 Å². The number of thioether (sulfide) groups is 1. The fraction of sp³-hybridized carbons (Fsp3) is 0.400. The number of carbonyl (C=O) groups excluding carboxylic acids is 1. The van der Waals surface area contributed by atoms with Gasteiger partial charge in [-0.25, -0.2) is 0 Å². The average Bonchev–Trinajstić information content (AvgIpc) is 3.18. The molecule has 1 aromatic carbocycles. The van der Waals surface area contributed by atoms with Gasteiger partial charge in [-0.1, -0.05) is 17.8 Å². The van der Waals surface area contributed by atoms with Gasteiger partial charge in [0.15, 0.2) is 16.7 Å². The van der Waals surface area contributed by atoms with Crippen LogP contribution in [0.5, 0.6) is 11.5 Å². The largest absolute Gasteiger partial charge is 0.454 e. The summed E-state index contributed by atoms with van der Waals surface area (Å²) in [6.07, 6.45) is 1.68. The van der Waals surface area contributed by atoms with E-state index in [2.05, 4.69) is 15.5 Å². The lowest BCUT2D eigenvalue weighted by Crippen LogP contribution is -2.24. The molecule has 0 unspecified atom stereocenters. The first-order valence-electron chi connectivity index (χ1n) is 7.31. The zero-order chi connectivity index (χ0) is 16.2. The number of hydrogen-bond donors (Lipinski definition) is 1. The van der Waals surface area contributed by atoms with Crippen LogP contribution in [0.25, 0.3) is 0 Å². The maximum atomic E-state index is 12.0. The zero-order valence-electron chi connectivity index (χ0n) is 13.0. The molecule has 0 saturated carbocycles. The Morgan fingerprint density at radius 1 is 1.39 bits per heavy atom. The van der Waals surface area contributed by atoms with Gasteiger partial charge in [-0.3, -0.25) is 4.79 Å². The summed E-state index contributed by atoms with van der Waals surface area (Å²) in [5, 5.41) is 11.6. The van der Waals surface area contributed by atoms with E-state index in [1.165, 1.54) is 11.8 Å². The summed E-state index contributed by atoms with van der Waals surface area (Å²) in [5.74, 6) is 1.71. The van der Waals surface area contributed by atoms with Crippen molar-refractivity contribution >= 4 is 17.7 Å². The Kier molecular flexibility index (Phi) is 4.71. The van der Waals surface area contributed by atoms with Crippen LogP contribution in [0, 0.1) is 0 Å². The van der Waals surface area contributed by atoms with E-state index >= 15 is 0 Å². The number of amides is 1. The molecule has 1 aromatic heterocycles. The fourth-order valence-corrected chi connectivity index (χ4v) is 3.00. The summed E-state index contributed by atoms with van der Waals surface area (Å²) in [7, 11) is 0. The molecule has 7 nitrogen and oxygen atoms in total. The monoisotopic (exact) mass is 334 g/mol. The van der Waals surface area contributed by atoms with Crippen LogP contribution in [-0.4, -0.2) is 33.2 Å². The van der Waals surface area contributed by atoms with E-state index in [0.717, 1.165) is 22.2 Å². The third kappa shape index (κ3) is 3.76. The maximum Gasteiger partial charge on any atom is 0.231 e. The Morgan fingerprint density at radius 3 is 3.04 bits per heavy atom. The van der Waals surface area contributed by atoms with Gasteiger partial charge in [0, 0.05) is 12.6 Å². The van der Waals surface area contributed by atoms with Crippen molar-refractivity contribution in [3.8, 4) is 11.5 Å². The van der Waals surface area contributed by atoms with Crippen LogP contribution in [0.3, 0.4) is 0 Å². The average molecular weight is 334 g/mol. The van der Waals surface area contributed by atoms with Gasteiger partial charge in [0.1, 0.15) is 6.33 Å². The van der Waals surface area contributed by atoms with Crippen LogP contribution < -0.4 is 14.8 Å². The van der Waals surface area contributed by atoms with Crippen LogP contribution in [-0.2, 0) is 11.3 Å². The van der Waals surface area contributed by atoms with Gasteiger partial charge < -0.3 is 19.4 Å². The molecule has 3 rings (SSSR count). The van der Waals surface area contributed by atoms with Crippen molar-refractivity contribution in [2.24, 2.45) is 0 Å². The van der Waals surface area contributed by atoms with Crippen LogP contribution >= 0.6 is 11.8 Å². The Morgan fingerprint density at radius 2 is 2.22 bits per heavy atom. The first-order chi connectivity index (χ1) is 11.1. The molecule has 0 bridgehead atoms. The van der Waals surface area contributed by atoms with Crippen LogP contribution in [0.2, 0.25) is 0 Å². The molecule has 0 saturated heterocycles. The Labute approximate surface area is 138 Å². The number of aromatic nitrogens is 3. The van der Waals surface area contributed by atoms with Crippen molar-refractivity contribution in [2.75, 3.05) is 12.5 Å². The molecule has 0 spiro atoms. The van der Waals surface area contributed by atoms with Crippen molar-refractivity contribution in [3.63, 3.8) is 0 Å². The fourth-order valence-electron chi connectivity index (χ4n) is 2.12. The van der Waals surface area contributed by atoms with Gasteiger partial charge in [-0.05, 0) is 31.5 Å². The SMILES string of the molecule is CC(C)n1cnnc1SCC(=O)NCc1ccc2c(c1)OCO2. The Hall–Kier alpha value is -2.22. The predicted octanol–water partition coefficient (Wildman–Crippen LogP) is 2.00. The lowest BCUT2D eigenvalue weighted by Gasteiger charge is -2.09. The Balaban J connectivity index is 1.49. The van der Waals surface area contributed by atoms with Gasteiger partial charge in [0.25, 0.3) is 0 Å². The minimum Gasteiger partial charge on any atom is -0.454 e. The summed E-state index contributed by atoms with van der Waals surface area (Å²) in [5.41, 5.74) is 0.970. The molecule has 0 radical (unpaired) electrons. The molecule has 2 heterocycles. The summed E-state index contributed by atoms with van der Waals surface area (Å²) in [4.78, 5) is 12.0. The molecule has 1 aliphatic heterocycles. The predicted molar refractivity (Wildman–Crippen MR) is 85.5 cm³/mol. The zero-order valence-corrected chi connectivity index (χ0v) is 13.8. The molecule has 1 amide bonds. The van der Waals surface area contributed by atoms with Gasteiger partial charge >= 0.3 is 0 Å². The van der Waals surface area contributed by atoms with E-state index in [0.29, 0.717) is 12.3 Å². The van der Waals surface area contributed by atoms with E-state index < -0.39 is 0 Å². The van der Waals surface area contributed by atoms with Crippen molar-refractivity contribution in [3.05, 3.63) is 30.1 Å². The quantitative estimate of drug-likeness (QED) is 0.814. The minimum atomic E-state index is -0.0500. The highest BCUT2D eigenvalue weighted by atomic mass is 32.2. The minimum absolute atomic E-state index is 0.0500. The molecule has 0 fully saturated rings. The number of rotatable bonds is 6. The number of ether oxygens (including phenoxy) is 2. The van der Waals surface area contributed by atoms with Gasteiger partial charge in [-0.15, -0.1) is 10.2 Å². The van der Waals surface area contributed by atoms with Crippen molar-refractivity contribution in [1.82, 2.24) is 20.1 Å². The van der Waals surface area contributed by atoms with Gasteiger partial charge in [0.2, 0.25) is 12.7 Å². The lowest BCUT2D eigenvalue weighted by atomic mass is 10.2. The highest BCUT2D eigenvalue weighted by molar-refractivity contribution is 7.99. The third-order valence-electron chi connectivity index (χ3n) is 3.36. The second-order valence-corrected chi connectivity index (χ2v) is 6.31. The lowest BCUT2D eigenvalue weighted by molar-refractivity contribution is -0.118. The summed E-state index contributed by atoms with van der Waals surface area (Å²) in [6, 6.07) is 5.91. The number of hydrogen-bond acceptors (Lipinski definition) is 6. The number of benzene rings is 1. The third-order valence-corrected chi connectivity index (χ3v) is 4.31. The molecular formula is C15H18N4O3S. The smallest absolute Gasteiger partial charge is 0.231 e. The maximum absolute atomic E-state index is 12.0. The van der Waals surface area contributed by atoms with Crippen molar-refractivity contribution in [2.45, 2.75) is 31.6 Å². The van der Waals surface area contributed by atoms with Crippen LogP contribution in [0.15, 0.2) is 29.7 Å². The second-order valence-electron chi connectivity index (χ2n) is 5.37. The molecule has 1 N–H and O–H groups in total. The van der Waals surface area contributed by atoms with E-state index in [1.807, 2.05) is 36.6 Å². The second kappa shape index (κ2) is 6.91. The van der Waals surface area contributed by atoms with Crippen molar-refractivity contribution in [1.29, 1.82) is 0 Å². The van der Waals surface area contributed by atoms with Crippen molar-refractivity contribution < 1.29 is 14.3 Å².